The Hall–Kier alpha value is -0.640. The molecule has 0 heterocycles. The van der Waals surface area contributed by atoms with Crippen molar-refractivity contribution in [1.82, 2.24) is 5.32 Å². The highest BCUT2D eigenvalue weighted by molar-refractivity contribution is 7.80. The smallest absolute Gasteiger partial charge is 0.232 e. The van der Waals surface area contributed by atoms with Gasteiger partial charge in [-0.25, -0.2) is 0 Å². The molecule has 3 N–H and O–H groups in total. The van der Waals surface area contributed by atoms with Crippen LogP contribution < -0.4 is 11.1 Å². The molecule has 3 nitrogen and oxygen atoms in total. The van der Waals surface area contributed by atoms with Gasteiger partial charge in [0.25, 0.3) is 0 Å². The molecule has 1 aliphatic rings. The van der Waals surface area contributed by atoms with Crippen LogP contribution in [0.5, 0.6) is 0 Å². The number of carbonyl (C=O) groups is 1. The van der Waals surface area contributed by atoms with E-state index in [0.717, 1.165) is 12.8 Å². The third-order valence-corrected chi connectivity index (χ3v) is 4.58. The molecule has 0 atom stereocenters. The molecule has 0 spiro atoms. The normalized spacial score (nSPS) is 22.8. The van der Waals surface area contributed by atoms with Crippen molar-refractivity contribution in [2.24, 2.45) is 22.0 Å². The van der Waals surface area contributed by atoms with Crippen molar-refractivity contribution in [3.63, 3.8) is 0 Å². The minimum atomic E-state index is -0.777. The van der Waals surface area contributed by atoms with Crippen molar-refractivity contribution < 1.29 is 4.79 Å². The first kappa shape index (κ1) is 16.4. The fourth-order valence-electron chi connectivity index (χ4n) is 3.43. The quantitative estimate of drug-likeness (QED) is 0.783. The standard InChI is InChI=1S/C15H28N2OS/c1-13(2)7-10(8-14(3,4)9-13)17-12(18)15(5,6)11(16)19/h10H,7-9H2,1-6H3,(H2,16,19)(H,17,18). The van der Waals surface area contributed by atoms with E-state index in [1.165, 1.54) is 6.42 Å². The van der Waals surface area contributed by atoms with Gasteiger partial charge in [0.2, 0.25) is 5.91 Å². The summed E-state index contributed by atoms with van der Waals surface area (Å²) >= 11 is 4.98. The number of hydrogen-bond donors (Lipinski definition) is 2. The van der Waals surface area contributed by atoms with Crippen LogP contribution in [0.25, 0.3) is 0 Å². The predicted octanol–water partition coefficient (Wildman–Crippen LogP) is 3.02. The zero-order valence-corrected chi connectivity index (χ0v) is 13.9. The summed E-state index contributed by atoms with van der Waals surface area (Å²) in [6.45, 7) is 12.6. The Morgan fingerprint density at radius 3 is 2.00 bits per heavy atom. The van der Waals surface area contributed by atoms with Gasteiger partial charge in [0, 0.05) is 6.04 Å². The second kappa shape index (κ2) is 5.04. The molecule has 0 radical (unpaired) electrons. The third kappa shape index (κ3) is 4.16. The SMILES string of the molecule is CC1(C)CC(NC(=O)C(C)(C)C(N)=S)CC(C)(C)C1. The molecule has 0 unspecified atom stereocenters. The lowest BCUT2D eigenvalue weighted by Gasteiger charge is -2.45. The molecule has 1 fully saturated rings. The van der Waals surface area contributed by atoms with Gasteiger partial charge in [0.1, 0.15) is 0 Å². The van der Waals surface area contributed by atoms with Crippen molar-refractivity contribution >= 4 is 23.1 Å². The van der Waals surface area contributed by atoms with E-state index < -0.39 is 5.41 Å². The molecule has 19 heavy (non-hydrogen) atoms. The summed E-state index contributed by atoms with van der Waals surface area (Å²) < 4.78 is 0. The van der Waals surface area contributed by atoms with Gasteiger partial charge in [-0.05, 0) is 43.9 Å². The largest absolute Gasteiger partial charge is 0.392 e. The van der Waals surface area contributed by atoms with Gasteiger partial charge in [-0.2, -0.15) is 0 Å². The highest BCUT2D eigenvalue weighted by Crippen LogP contribution is 2.45. The van der Waals surface area contributed by atoms with E-state index in [4.69, 9.17) is 18.0 Å². The molecular formula is C15H28N2OS. The first-order chi connectivity index (χ1) is 8.36. The maximum Gasteiger partial charge on any atom is 0.232 e. The van der Waals surface area contributed by atoms with Gasteiger partial charge in [0.05, 0.1) is 10.4 Å². The Morgan fingerprint density at radius 1 is 1.21 bits per heavy atom. The Balaban J connectivity index is 2.77. The summed E-state index contributed by atoms with van der Waals surface area (Å²) in [5, 5.41) is 3.15. The summed E-state index contributed by atoms with van der Waals surface area (Å²) in [6.07, 6.45) is 3.20. The molecule has 4 heteroatoms. The molecule has 1 amide bonds. The zero-order chi connectivity index (χ0) is 15.1. The summed E-state index contributed by atoms with van der Waals surface area (Å²) in [6, 6.07) is 0.208. The Bertz CT molecular complexity index is 370. The lowest BCUT2D eigenvalue weighted by Crippen LogP contribution is -2.52. The molecule has 0 aliphatic heterocycles. The van der Waals surface area contributed by atoms with Gasteiger partial charge in [0.15, 0.2) is 0 Å². The van der Waals surface area contributed by atoms with Crippen molar-refractivity contribution in [2.75, 3.05) is 0 Å². The number of amides is 1. The van der Waals surface area contributed by atoms with Crippen LogP contribution in [0.3, 0.4) is 0 Å². The van der Waals surface area contributed by atoms with Crippen LogP contribution in [0.15, 0.2) is 0 Å². The van der Waals surface area contributed by atoms with E-state index in [1.807, 2.05) is 0 Å². The van der Waals surface area contributed by atoms with Crippen molar-refractivity contribution in [3.05, 3.63) is 0 Å². The molecule has 1 saturated carbocycles. The molecule has 1 rings (SSSR count). The van der Waals surface area contributed by atoms with Crippen LogP contribution in [-0.4, -0.2) is 16.9 Å². The highest BCUT2D eigenvalue weighted by Gasteiger charge is 2.40. The molecule has 0 aromatic heterocycles. The van der Waals surface area contributed by atoms with E-state index in [9.17, 15) is 4.79 Å². The minimum Gasteiger partial charge on any atom is -0.392 e. The van der Waals surface area contributed by atoms with E-state index in [2.05, 4.69) is 33.0 Å². The maximum absolute atomic E-state index is 12.3. The number of nitrogens with two attached hydrogens (primary N) is 1. The van der Waals surface area contributed by atoms with Crippen LogP contribution >= 0.6 is 12.2 Å². The lowest BCUT2D eigenvalue weighted by molar-refractivity contribution is -0.127. The van der Waals surface area contributed by atoms with Crippen molar-refractivity contribution in [1.29, 1.82) is 0 Å². The van der Waals surface area contributed by atoms with E-state index in [1.54, 1.807) is 13.8 Å². The number of rotatable bonds is 3. The summed E-state index contributed by atoms with van der Waals surface area (Å²) in [5.74, 6) is -0.0569. The number of carbonyl (C=O) groups excluding carboxylic acids is 1. The van der Waals surface area contributed by atoms with Crippen LogP contribution in [0.1, 0.15) is 60.8 Å². The van der Waals surface area contributed by atoms with Gasteiger partial charge in [-0.1, -0.05) is 39.9 Å². The van der Waals surface area contributed by atoms with Gasteiger partial charge >= 0.3 is 0 Å². The van der Waals surface area contributed by atoms with Gasteiger partial charge in [-0.15, -0.1) is 0 Å². The lowest BCUT2D eigenvalue weighted by atomic mass is 9.63. The Kier molecular flexibility index (Phi) is 4.35. The van der Waals surface area contributed by atoms with Crippen molar-refractivity contribution in [2.45, 2.75) is 66.8 Å². The fourth-order valence-corrected chi connectivity index (χ4v) is 3.52. The summed E-state index contributed by atoms with van der Waals surface area (Å²) in [4.78, 5) is 12.6. The Labute approximate surface area is 122 Å². The summed E-state index contributed by atoms with van der Waals surface area (Å²) in [5.41, 5.74) is 5.39. The van der Waals surface area contributed by atoms with E-state index in [-0.39, 0.29) is 27.8 Å². The predicted molar refractivity (Wildman–Crippen MR) is 83.9 cm³/mol. The van der Waals surface area contributed by atoms with E-state index >= 15 is 0 Å². The second-order valence-corrected chi connectivity index (χ2v) is 8.51. The first-order valence-corrected chi connectivity index (χ1v) is 7.37. The minimum absolute atomic E-state index is 0.0569. The summed E-state index contributed by atoms with van der Waals surface area (Å²) in [7, 11) is 0. The van der Waals surface area contributed by atoms with Crippen LogP contribution in [0, 0.1) is 16.2 Å². The van der Waals surface area contributed by atoms with Crippen molar-refractivity contribution in [3.8, 4) is 0 Å². The van der Waals surface area contributed by atoms with E-state index in [0.29, 0.717) is 0 Å². The third-order valence-electron chi connectivity index (χ3n) is 4.07. The molecule has 0 aromatic rings. The Morgan fingerprint density at radius 2 is 1.63 bits per heavy atom. The van der Waals surface area contributed by atoms with Gasteiger partial charge in [-0.3, -0.25) is 4.79 Å². The maximum atomic E-state index is 12.3. The van der Waals surface area contributed by atoms with Crippen LogP contribution in [0.2, 0.25) is 0 Å². The molecule has 1 aliphatic carbocycles. The average molecular weight is 284 g/mol. The second-order valence-electron chi connectivity index (χ2n) is 8.07. The first-order valence-electron chi connectivity index (χ1n) is 6.97. The number of thiocarbonyl (C=S) groups is 1. The molecule has 0 saturated heterocycles. The van der Waals surface area contributed by atoms with Crippen LogP contribution in [0.4, 0.5) is 0 Å². The number of hydrogen-bond acceptors (Lipinski definition) is 2. The molecule has 110 valence electrons. The molecular weight excluding hydrogens is 256 g/mol. The molecule has 0 bridgehead atoms. The topological polar surface area (TPSA) is 55.1 Å². The highest BCUT2D eigenvalue weighted by atomic mass is 32.1. The average Bonchev–Trinajstić information content (AvgIpc) is 2.11. The van der Waals surface area contributed by atoms with Crippen LogP contribution in [-0.2, 0) is 4.79 Å². The zero-order valence-electron chi connectivity index (χ0n) is 13.1. The molecule has 0 aromatic carbocycles. The van der Waals surface area contributed by atoms with Gasteiger partial charge < -0.3 is 11.1 Å². The number of nitrogens with one attached hydrogen (secondary N) is 1. The fraction of sp³-hybridized carbons (Fsp3) is 0.867. The monoisotopic (exact) mass is 284 g/mol.